The second kappa shape index (κ2) is 20.1. The van der Waals surface area contributed by atoms with Gasteiger partial charge in [-0.15, -0.1) is 0 Å². The van der Waals surface area contributed by atoms with Gasteiger partial charge in [0.05, 0.1) is 37.2 Å². The quantitative estimate of drug-likeness (QED) is 0.206. The number of rotatable bonds is 3. The highest BCUT2D eigenvalue weighted by Gasteiger charge is 2.25. The van der Waals surface area contributed by atoms with E-state index in [1.54, 1.807) is 0 Å². The zero-order chi connectivity index (χ0) is 26.7. The number of hydrogen-bond donors (Lipinski definition) is 7. The van der Waals surface area contributed by atoms with Gasteiger partial charge >= 0.3 is 0 Å². The summed E-state index contributed by atoms with van der Waals surface area (Å²) in [7, 11) is 2.00. The molecule has 0 aromatic rings. The lowest BCUT2D eigenvalue weighted by molar-refractivity contribution is -0.689. The van der Waals surface area contributed by atoms with E-state index >= 15 is 0 Å². The molecule has 3 atom stereocenters. The maximum atomic E-state index is 9.58. The van der Waals surface area contributed by atoms with Gasteiger partial charge in [0.2, 0.25) is 0 Å². The fourth-order valence-electron chi connectivity index (χ4n) is 3.72. The minimum Gasteiger partial charge on any atom is -0.550 e. The second-order valence-electron chi connectivity index (χ2n) is 9.44. The maximum Gasteiger partial charge on any atom is 0.0985 e. The van der Waals surface area contributed by atoms with Gasteiger partial charge in [0.25, 0.3) is 0 Å². The first kappa shape index (κ1) is 36.2. The predicted molar refractivity (Wildman–Crippen MR) is 123 cm³/mol. The van der Waals surface area contributed by atoms with Crippen LogP contribution in [0.5, 0.6) is 0 Å². The molecule has 1 aliphatic rings. The molecule has 1 rings (SSSR count). The van der Waals surface area contributed by atoms with E-state index in [9.17, 15) is 19.8 Å². The van der Waals surface area contributed by atoms with Gasteiger partial charge in [-0.1, -0.05) is 0 Å². The number of carboxylic acid groups (broad SMARTS) is 2. The zero-order valence-electron chi connectivity index (χ0n) is 21.8. The smallest absolute Gasteiger partial charge is 0.0985 e. The number of quaternary nitrogens is 2. The molecule has 0 aliphatic carbocycles. The van der Waals surface area contributed by atoms with Crippen LogP contribution in [-0.2, 0) is 9.59 Å². The van der Waals surface area contributed by atoms with Crippen molar-refractivity contribution in [2.24, 2.45) is 0 Å². The first-order valence-electron chi connectivity index (χ1n) is 11.4. The summed E-state index contributed by atoms with van der Waals surface area (Å²) in [6.07, 6.45) is -0.463. The molecular weight excluding hydrogens is 432 g/mol. The summed E-state index contributed by atoms with van der Waals surface area (Å²) in [4.78, 5) is 19.1. The van der Waals surface area contributed by atoms with E-state index in [-0.39, 0.29) is 11.1 Å². The van der Waals surface area contributed by atoms with Crippen molar-refractivity contribution in [3.05, 3.63) is 0 Å². The van der Waals surface area contributed by atoms with E-state index in [0.29, 0.717) is 12.1 Å². The van der Waals surface area contributed by atoms with Crippen LogP contribution in [0.15, 0.2) is 0 Å². The molecule has 0 aromatic heterocycles. The number of carbonyl (C=O) groups excluding carboxylic acids is 2. The Morgan fingerprint density at radius 1 is 0.879 bits per heavy atom. The lowest BCUT2D eigenvalue weighted by Crippen LogP contribution is -2.92. The van der Waals surface area contributed by atoms with Crippen molar-refractivity contribution in [2.75, 3.05) is 40.4 Å². The molecule has 0 aromatic carbocycles. The molecule has 11 heteroatoms. The standard InChI is InChI=1S/C16H36N4.C4H6O5.2CH4O/c1-13-11-15(3,4)19-10-8-18-14(2)12-16(5,6)20-9-7-17-13;5-2(4(8)9)1-3(6)7;2*1-2/h13-14,17-20H,7-12H2,1-6H3;2,5H,1H2,(H,6,7)(H,8,9);2*2H,1H3/t13-,14+;2-;;/m.0../s1. The van der Waals surface area contributed by atoms with Crippen LogP contribution in [-0.4, -0.2) is 96.9 Å². The molecule has 33 heavy (non-hydrogen) atoms. The average Bonchev–Trinajstić information content (AvgIpc) is 2.70. The molecule has 9 N–H and O–H groups in total. The van der Waals surface area contributed by atoms with Gasteiger partial charge in [0.15, 0.2) is 0 Å². The number of nitrogens with one attached hydrogen (secondary N) is 2. The number of aliphatic hydroxyl groups is 3. The van der Waals surface area contributed by atoms with Gasteiger partial charge in [-0.2, -0.15) is 0 Å². The number of aliphatic carboxylic acids is 2. The van der Waals surface area contributed by atoms with E-state index in [0.717, 1.165) is 27.3 Å². The third-order valence-electron chi connectivity index (χ3n) is 4.93. The molecule has 1 heterocycles. The van der Waals surface area contributed by atoms with Gasteiger partial charge in [-0.05, 0) is 41.5 Å². The minimum atomic E-state index is -1.96. The Kier molecular flexibility index (Phi) is 22.0. The Bertz CT molecular complexity index is 477. The summed E-state index contributed by atoms with van der Waals surface area (Å²) in [5.41, 5.74) is 0.480. The molecule has 200 valence electrons. The Morgan fingerprint density at radius 3 is 1.45 bits per heavy atom. The third kappa shape index (κ3) is 23.6. The van der Waals surface area contributed by atoms with Crippen molar-refractivity contribution in [3.63, 3.8) is 0 Å². The van der Waals surface area contributed by atoms with Crippen molar-refractivity contribution in [1.82, 2.24) is 10.6 Å². The zero-order valence-corrected chi connectivity index (χ0v) is 21.8. The van der Waals surface area contributed by atoms with Gasteiger partial charge in [-0.3, -0.25) is 0 Å². The summed E-state index contributed by atoms with van der Waals surface area (Å²) in [6, 6.07) is 1.35. The van der Waals surface area contributed by atoms with Crippen LogP contribution in [0, 0.1) is 0 Å². The van der Waals surface area contributed by atoms with Gasteiger partial charge in [0.1, 0.15) is 0 Å². The molecular formula is C22H50N4O7. The highest BCUT2D eigenvalue weighted by Crippen LogP contribution is 2.10. The van der Waals surface area contributed by atoms with Gasteiger partial charge in [0, 0.05) is 63.6 Å². The summed E-state index contributed by atoms with van der Waals surface area (Å²) >= 11 is 0. The van der Waals surface area contributed by atoms with Crippen LogP contribution >= 0.6 is 0 Å². The Morgan fingerprint density at radius 2 is 1.21 bits per heavy atom. The fourth-order valence-corrected chi connectivity index (χ4v) is 3.72. The lowest BCUT2D eigenvalue weighted by atomic mass is 9.94. The van der Waals surface area contributed by atoms with Crippen molar-refractivity contribution < 1.29 is 45.8 Å². The molecule has 1 aliphatic heterocycles. The van der Waals surface area contributed by atoms with E-state index < -0.39 is 24.5 Å². The molecule has 0 unspecified atom stereocenters. The molecule has 0 bridgehead atoms. The molecule has 11 nitrogen and oxygen atoms in total. The predicted octanol–water partition coefficient (Wildman–Crippen LogP) is -5.13. The molecule has 0 amide bonds. The van der Waals surface area contributed by atoms with E-state index in [1.165, 1.54) is 25.9 Å². The van der Waals surface area contributed by atoms with E-state index in [4.69, 9.17) is 15.3 Å². The molecule has 1 saturated heterocycles. The van der Waals surface area contributed by atoms with Crippen LogP contribution in [0.4, 0.5) is 0 Å². The highest BCUT2D eigenvalue weighted by molar-refractivity contribution is 5.76. The number of carbonyl (C=O) groups is 2. The monoisotopic (exact) mass is 482 g/mol. The summed E-state index contributed by atoms with van der Waals surface area (Å²) < 4.78 is 0. The largest absolute Gasteiger partial charge is 0.550 e. The van der Waals surface area contributed by atoms with Crippen LogP contribution in [0.3, 0.4) is 0 Å². The Balaban J connectivity index is -0.000000581. The Hall–Kier alpha value is -1.34. The molecule has 1 fully saturated rings. The minimum absolute atomic E-state index is 0.240. The summed E-state index contributed by atoms with van der Waals surface area (Å²) in [5, 5.41) is 53.7. The van der Waals surface area contributed by atoms with Crippen LogP contribution in [0.25, 0.3) is 0 Å². The number of nitrogens with two attached hydrogens (primary N) is 2. The van der Waals surface area contributed by atoms with Crippen molar-refractivity contribution in [2.45, 2.75) is 90.1 Å². The first-order chi connectivity index (χ1) is 15.2. The number of aliphatic hydroxyl groups excluding tert-OH is 3. The highest BCUT2D eigenvalue weighted by atomic mass is 16.4. The summed E-state index contributed by atoms with van der Waals surface area (Å²) in [6.45, 7) is 18.5. The van der Waals surface area contributed by atoms with E-state index in [1.807, 2.05) is 0 Å². The molecule has 0 radical (unpaired) electrons. The normalized spacial score (nSPS) is 24.0. The SMILES string of the molecule is CO.CO.C[C@@H]1CC(C)(C)NCC[NH2+][C@@H](C)CC(C)(C)NCC[NH2+]1.O=C([O-])C[C@H](O)C(=O)[O-]. The third-order valence-corrected chi connectivity index (χ3v) is 4.93. The van der Waals surface area contributed by atoms with Gasteiger partial charge < -0.3 is 56.4 Å². The van der Waals surface area contributed by atoms with Crippen molar-refractivity contribution >= 4 is 11.9 Å². The molecule has 0 saturated carbocycles. The van der Waals surface area contributed by atoms with E-state index in [2.05, 4.69) is 62.8 Å². The summed E-state index contributed by atoms with van der Waals surface area (Å²) in [5.74, 6) is -3.43. The lowest BCUT2D eigenvalue weighted by Gasteiger charge is -2.31. The van der Waals surface area contributed by atoms with Gasteiger partial charge in [-0.25, -0.2) is 0 Å². The van der Waals surface area contributed by atoms with Crippen molar-refractivity contribution in [3.8, 4) is 0 Å². The maximum absolute atomic E-state index is 9.58. The number of hydrogen-bond acceptors (Lipinski definition) is 9. The van der Waals surface area contributed by atoms with Crippen molar-refractivity contribution in [1.29, 1.82) is 0 Å². The molecule has 0 spiro atoms. The average molecular weight is 483 g/mol. The van der Waals surface area contributed by atoms with Crippen LogP contribution in [0.1, 0.15) is 60.8 Å². The van der Waals surface area contributed by atoms with Crippen LogP contribution < -0.4 is 31.5 Å². The fraction of sp³-hybridized carbons (Fsp3) is 0.909. The Labute approximate surface area is 199 Å². The first-order valence-corrected chi connectivity index (χ1v) is 11.4. The number of carboxylic acids is 2. The topological polar surface area (TPSA) is 198 Å². The second-order valence-corrected chi connectivity index (χ2v) is 9.44. The van der Waals surface area contributed by atoms with Crippen LogP contribution in [0.2, 0.25) is 0 Å².